The second-order valence-electron chi connectivity index (χ2n) is 4.28. The fourth-order valence-electron chi connectivity index (χ4n) is 1.85. The molecule has 1 aromatic carbocycles. The van der Waals surface area contributed by atoms with Crippen molar-refractivity contribution in [3.05, 3.63) is 46.2 Å². The van der Waals surface area contributed by atoms with Gasteiger partial charge in [0.2, 0.25) is 10.0 Å². The van der Waals surface area contributed by atoms with Crippen molar-refractivity contribution < 1.29 is 8.42 Å². The number of hydrogen-bond acceptors (Lipinski definition) is 4. The molecule has 0 saturated carbocycles. The zero-order valence-electron chi connectivity index (χ0n) is 11.5. The van der Waals surface area contributed by atoms with Gasteiger partial charge in [-0.3, -0.25) is 0 Å². The zero-order chi connectivity index (χ0) is 14.6. The van der Waals surface area contributed by atoms with E-state index in [2.05, 4.69) is 29.1 Å². The molecule has 2 N–H and O–H groups in total. The summed E-state index contributed by atoms with van der Waals surface area (Å²) < 4.78 is 26.2. The van der Waals surface area contributed by atoms with Gasteiger partial charge in [-0.05, 0) is 37.7 Å². The summed E-state index contributed by atoms with van der Waals surface area (Å²) in [5.41, 5.74) is 0.619. The smallest absolute Gasteiger partial charge is 0.242 e. The number of aryl methyl sites for hydroxylation is 1. The highest BCUT2D eigenvalue weighted by Crippen LogP contribution is 2.23. The number of anilines is 1. The lowest BCUT2D eigenvalue weighted by molar-refractivity contribution is 0.588. The number of nitrogens with one attached hydrogen (secondary N) is 2. The minimum absolute atomic E-state index is 0.273. The molecule has 108 valence electrons. The van der Waals surface area contributed by atoms with E-state index in [1.165, 1.54) is 16.8 Å². The van der Waals surface area contributed by atoms with E-state index in [0.717, 1.165) is 6.42 Å². The number of sulfonamides is 1. The Balaban J connectivity index is 2.18. The Morgan fingerprint density at radius 3 is 2.45 bits per heavy atom. The molecule has 2 aromatic rings. The maximum absolute atomic E-state index is 11.9. The van der Waals surface area contributed by atoms with Gasteiger partial charge in [0.1, 0.15) is 4.90 Å². The van der Waals surface area contributed by atoms with E-state index in [0.29, 0.717) is 12.2 Å². The maximum Gasteiger partial charge on any atom is 0.242 e. The molecule has 0 spiro atoms. The standard InChI is InChI=1S/C14H18N2O2S2/c1-3-11-8-9-12(19-11)10-16-13-6-4-5-7-14(13)20(17,18)15-2/h4-9,15-16H,3,10H2,1-2H3. The number of para-hydroxylation sites is 1. The van der Waals surface area contributed by atoms with Crippen molar-refractivity contribution in [3.63, 3.8) is 0 Å². The fourth-order valence-corrected chi connectivity index (χ4v) is 3.65. The molecule has 0 amide bonds. The molecule has 0 aliphatic heterocycles. The third kappa shape index (κ3) is 3.39. The number of hydrogen-bond donors (Lipinski definition) is 2. The first kappa shape index (κ1) is 15.0. The van der Waals surface area contributed by atoms with E-state index in [1.807, 2.05) is 6.07 Å². The third-order valence-electron chi connectivity index (χ3n) is 2.96. The Kier molecular flexibility index (Phi) is 4.80. The van der Waals surface area contributed by atoms with E-state index in [1.54, 1.807) is 29.5 Å². The molecular formula is C14H18N2O2S2. The maximum atomic E-state index is 11.9. The average Bonchev–Trinajstić information content (AvgIpc) is 2.93. The van der Waals surface area contributed by atoms with Crippen LogP contribution in [0.3, 0.4) is 0 Å². The van der Waals surface area contributed by atoms with Crippen molar-refractivity contribution >= 4 is 27.0 Å². The molecule has 6 heteroatoms. The Labute approximate surface area is 123 Å². The lowest BCUT2D eigenvalue weighted by Crippen LogP contribution is -2.20. The highest BCUT2D eigenvalue weighted by molar-refractivity contribution is 7.89. The highest BCUT2D eigenvalue weighted by Gasteiger charge is 2.15. The Morgan fingerprint density at radius 1 is 1.10 bits per heavy atom. The van der Waals surface area contributed by atoms with Crippen LogP contribution in [0.4, 0.5) is 5.69 Å². The van der Waals surface area contributed by atoms with Gasteiger partial charge < -0.3 is 5.32 Å². The molecule has 0 radical (unpaired) electrons. The SMILES string of the molecule is CCc1ccc(CNc2ccccc2S(=O)(=O)NC)s1. The van der Waals surface area contributed by atoms with Gasteiger partial charge in [0.05, 0.1) is 5.69 Å². The van der Waals surface area contributed by atoms with Gasteiger partial charge in [0.25, 0.3) is 0 Å². The fraction of sp³-hybridized carbons (Fsp3) is 0.286. The first-order valence-electron chi connectivity index (χ1n) is 6.41. The number of thiophene rings is 1. The molecule has 4 nitrogen and oxygen atoms in total. The molecule has 0 saturated heterocycles. The number of rotatable bonds is 6. The van der Waals surface area contributed by atoms with Gasteiger partial charge in [-0.1, -0.05) is 19.1 Å². The summed E-state index contributed by atoms with van der Waals surface area (Å²) in [4.78, 5) is 2.80. The van der Waals surface area contributed by atoms with Crippen molar-refractivity contribution in [2.75, 3.05) is 12.4 Å². The molecule has 0 fully saturated rings. The predicted molar refractivity (Wildman–Crippen MR) is 83.7 cm³/mol. The topological polar surface area (TPSA) is 58.2 Å². The van der Waals surface area contributed by atoms with Crippen LogP contribution in [0, 0.1) is 0 Å². The number of benzene rings is 1. The zero-order valence-corrected chi connectivity index (χ0v) is 13.1. The van der Waals surface area contributed by atoms with Crippen LogP contribution in [0.2, 0.25) is 0 Å². The minimum atomic E-state index is -3.44. The second-order valence-corrected chi connectivity index (χ2v) is 7.39. The van der Waals surface area contributed by atoms with E-state index in [4.69, 9.17) is 0 Å². The normalized spacial score (nSPS) is 11.5. The molecule has 0 unspecified atom stereocenters. The monoisotopic (exact) mass is 310 g/mol. The molecule has 2 rings (SSSR count). The first-order chi connectivity index (χ1) is 9.56. The lowest BCUT2D eigenvalue weighted by atomic mass is 10.3. The summed E-state index contributed by atoms with van der Waals surface area (Å²) in [6, 6.07) is 11.1. The summed E-state index contributed by atoms with van der Waals surface area (Å²) in [7, 11) is -2.03. The molecule has 20 heavy (non-hydrogen) atoms. The first-order valence-corrected chi connectivity index (χ1v) is 8.71. The third-order valence-corrected chi connectivity index (χ3v) is 5.67. The summed E-state index contributed by atoms with van der Waals surface area (Å²) in [5.74, 6) is 0. The van der Waals surface area contributed by atoms with Crippen LogP contribution in [-0.4, -0.2) is 15.5 Å². The largest absolute Gasteiger partial charge is 0.379 e. The van der Waals surface area contributed by atoms with Crippen molar-refractivity contribution in [2.24, 2.45) is 0 Å². The van der Waals surface area contributed by atoms with E-state index >= 15 is 0 Å². The molecule has 1 heterocycles. The predicted octanol–water partition coefficient (Wildman–Crippen LogP) is 2.83. The van der Waals surface area contributed by atoms with Gasteiger partial charge in [0, 0.05) is 16.3 Å². The van der Waals surface area contributed by atoms with Crippen LogP contribution in [0.1, 0.15) is 16.7 Å². The summed E-state index contributed by atoms with van der Waals surface area (Å²) in [6.45, 7) is 2.75. The van der Waals surface area contributed by atoms with Gasteiger partial charge >= 0.3 is 0 Å². The van der Waals surface area contributed by atoms with E-state index in [-0.39, 0.29) is 4.90 Å². The Morgan fingerprint density at radius 2 is 1.80 bits per heavy atom. The van der Waals surface area contributed by atoms with Crippen molar-refractivity contribution in [1.82, 2.24) is 4.72 Å². The Hall–Kier alpha value is -1.37. The van der Waals surface area contributed by atoms with Crippen LogP contribution >= 0.6 is 11.3 Å². The van der Waals surface area contributed by atoms with Gasteiger partial charge in [-0.25, -0.2) is 13.1 Å². The van der Waals surface area contributed by atoms with Crippen LogP contribution in [-0.2, 0) is 23.0 Å². The molecule has 0 aliphatic rings. The molecule has 0 aliphatic carbocycles. The summed E-state index contributed by atoms with van der Waals surface area (Å²) in [6.07, 6.45) is 1.02. The van der Waals surface area contributed by atoms with E-state index in [9.17, 15) is 8.42 Å². The minimum Gasteiger partial charge on any atom is -0.379 e. The van der Waals surface area contributed by atoms with Crippen molar-refractivity contribution in [3.8, 4) is 0 Å². The van der Waals surface area contributed by atoms with Gasteiger partial charge in [0.15, 0.2) is 0 Å². The molecule has 1 aromatic heterocycles. The summed E-state index contributed by atoms with van der Waals surface area (Å²) >= 11 is 1.74. The summed E-state index contributed by atoms with van der Waals surface area (Å²) in [5, 5.41) is 3.20. The van der Waals surface area contributed by atoms with Crippen LogP contribution < -0.4 is 10.0 Å². The van der Waals surface area contributed by atoms with Crippen LogP contribution in [0.25, 0.3) is 0 Å². The van der Waals surface area contributed by atoms with Gasteiger partial charge in [-0.15, -0.1) is 11.3 Å². The quantitative estimate of drug-likeness (QED) is 0.862. The van der Waals surface area contributed by atoms with Crippen molar-refractivity contribution in [1.29, 1.82) is 0 Å². The average molecular weight is 310 g/mol. The molecule has 0 bridgehead atoms. The lowest BCUT2D eigenvalue weighted by Gasteiger charge is -2.11. The molecular weight excluding hydrogens is 292 g/mol. The van der Waals surface area contributed by atoms with Gasteiger partial charge in [-0.2, -0.15) is 0 Å². The second kappa shape index (κ2) is 6.39. The molecule has 0 atom stereocenters. The highest BCUT2D eigenvalue weighted by atomic mass is 32.2. The van der Waals surface area contributed by atoms with E-state index < -0.39 is 10.0 Å². The Bertz CT molecular complexity index is 678. The van der Waals surface area contributed by atoms with Crippen LogP contribution in [0.15, 0.2) is 41.3 Å². The van der Waals surface area contributed by atoms with Crippen molar-refractivity contribution in [2.45, 2.75) is 24.8 Å². The van der Waals surface area contributed by atoms with Crippen LogP contribution in [0.5, 0.6) is 0 Å².